The lowest BCUT2D eigenvalue weighted by Crippen LogP contribution is -1.95. The van der Waals surface area contributed by atoms with E-state index in [2.05, 4.69) is 89.5 Å². The largest absolute Gasteiger partial charge is 0.309 e. The maximum atomic E-state index is 6.50. The van der Waals surface area contributed by atoms with E-state index in [0.29, 0.717) is 0 Å². The average Bonchev–Trinajstić information content (AvgIpc) is 3.08. The molecule has 0 aliphatic rings. The van der Waals surface area contributed by atoms with E-state index in [1.54, 1.807) is 0 Å². The summed E-state index contributed by atoms with van der Waals surface area (Å²) in [7, 11) is 0. The van der Waals surface area contributed by atoms with Crippen LogP contribution in [0.5, 0.6) is 0 Å². The molecular formula is C26H16ClN. The first-order chi connectivity index (χ1) is 13.8. The summed E-state index contributed by atoms with van der Waals surface area (Å²) in [6.45, 7) is 0. The van der Waals surface area contributed by atoms with Crippen molar-refractivity contribution in [2.45, 2.75) is 0 Å². The van der Waals surface area contributed by atoms with Crippen molar-refractivity contribution in [2.24, 2.45) is 0 Å². The molecule has 0 saturated heterocycles. The van der Waals surface area contributed by atoms with E-state index in [9.17, 15) is 0 Å². The zero-order chi connectivity index (χ0) is 18.7. The van der Waals surface area contributed by atoms with Gasteiger partial charge in [0, 0.05) is 26.6 Å². The molecule has 0 radical (unpaired) electrons. The molecule has 28 heavy (non-hydrogen) atoms. The molecule has 6 rings (SSSR count). The SMILES string of the molecule is Clc1cccc2c(-n3c4ccccc4c4c5ccccc5ccc43)cccc12. The quantitative estimate of drug-likeness (QED) is 0.276. The van der Waals surface area contributed by atoms with Crippen LogP contribution in [-0.2, 0) is 0 Å². The first-order valence-electron chi connectivity index (χ1n) is 9.41. The molecule has 0 N–H and O–H groups in total. The minimum absolute atomic E-state index is 0.783. The fraction of sp³-hybridized carbons (Fsp3) is 0. The summed E-state index contributed by atoms with van der Waals surface area (Å²) >= 11 is 6.50. The summed E-state index contributed by atoms with van der Waals surface area (Å²) in [5.41, 5.74) is 3.58. The molecule has 0 unspecified atom stereocenters. The molecule has 2 heteroatoms. The van der Waals surface area contributed by atoms with Crippen LogP contribution >= 0.6 is 11.6 Å². The molecule has 0 saturated carbocycles. The van der Waals surface area contributed by atoms with E-state index in [0.717, 1.165) is 21.5 Å². The van der Waals surface area contributed by atoms with Crippen molar-refractivity contribution in [2.75, 3.05) is 0 Å². The Morgan fingerprint density at radius 2 is 1.21 bits per heavy atom. The van der Waals surface area contributed by atoms with Gasteiger partial charge in [0.15, 0.2) is 0 Å². The number of aromatic nitrogens is 1. The van der Waals surface area contributed by atoms with Crippen molar-refractivity contribution in [3.05, 3.63) is 102 Å². The molecule has 0 aliphatic carbocycles. The lowest BCUT2D eigenvalue weighted by Gasteiger charge is -2.12. The monoisotopic (exact) mass is 377 g/mol. The third-order valence-corrected chi connectivity index (χ3v) is 5.98. The summed E-state index contributed by atoms with van der Waals surface area (Å²) in [4.78, 5) is 0. The Balaban J connectivity index is 1.87. The maximum Gasteiger partial charge on any atom is 0.0547 e. The number of hydrogen-bond acceptors (Lipinski definition) is 0. The van der Waals surface area contributed by atoms with Gasteiger partial charge < -0.3 is 4.57 Å². The minimum Gasteiger partial charge on any atom is -0.309 e. The third kappa shape index (κ3) is 2.08. The second-order valence-electron chi connectivity index (χ2n) is 7.15. The predicted octanol–water partition coefficient (Wildman–Crippen LogP) is 7.74. The molecule has 132 valence electrons. The summed E-state index contributed by atoms with van der Waals surface area (Å²) in [5, 5.41) is 8.14. The van der Waals surface area contributed by atoms with Crippen LogP contribution in [0.1, 0.15) is 0 Å². The van der Waals surface area contributed by atoms with Crippen molar-refractivity contribution in [1.29, 1.82) is 0 Å². The van der Waals surface area contributed by atoms with Gasteiger partial charge >= 0.3 is 0 Å². The Morgan fingerprint density at radius 3 is 2.14 bits per heavy atom. The fourth-order valence-corrected chi connectivity index (χ4v) is 4.69. The number of fused-ring (bicyclic) bond motifs is 6. The van der Waals surface area contributed by atoms with E-state index in [1.165, 1.54) is 32.6 Å². The molecule has 0 aliphatic heterocycles. The Hall–Kier alpha value is -3.29. The van der Waals surface area contributed by atoms with Gasteiger partial charge in [-0.2, -0.15) is 0 Å². The van der Waals surface area contributed by atoms with Gasteiger partial charge in [-0.25, -0.2) is 0 Å². The molecule has 6 aromatic rings. The van der Waals surface area contributed by atoms with Gasteiger partial charge in [-0.15, -0.1) is 0 Å². The second kappa shape index (κ2) is 5.85. The molecular weight excluding hydrogens is 362 g/mol. The van der Waals surface area contributed by atoms with Crippen molar-refractivity contribution in [3.63, 3.8) is 0 Å². The van der Waals surface area contributed by atoms with Gasteiger partial charge in [-0.05, 0) is 35.0 Å². The van der Waals surface area contributed by atoms with Gasteiger partial charge in [-0.3, -0.25) is 0 Å². The highest BCUT2D eigenvalue weighted by molar-refractivity contribution is 6.35. The lowest BCUT2D eigenvalue weighted by atomic mass is 10.0. The van der Waals surface area contributed by atoms with Gasteiger partial charge in [0.25, 0.3) is 0 Å². The van der Waals surface area contributed by atoms with Gasteiger partial charge in [0.2, 0.25) is 0 Å². The molecule has 1 nitrogen and oxygen atoms in total. The Labute approximate surface area is 167 Å². The first-order valence-corrected chi connectivity index (χ1v) is 9.79. The van der Waals surface area contributed by atoms with Crippen LogP contribution in [0.25, 0.3) is 49.0 Å². The van der Waals surface area contributed by atoms with Crippen LogP contribution < -0.4 is 0 Å². The van der Waals surface area contributed by atoms with Crippen LogP contribution in [0.2, 0.25) is 5.02 Å². The maximum absolute atomic E-state index is 6.50. The number of halogens is 1. The van der Waals surface area contributed by atoms with Gasteiger partial charge in [0.1, 0.15) is 0 Å². The van der Waals surface area contributed by atoms with E-state index in [4.69, 9.17) is 11.6 Å². The minimum atomic E-state index is 0.783. The molecule has 0 fully saturated rings. The highest BCUT2D eigenvalue weighted by Crippen LogP contribution is 2.38. The van der Waals surface area contributed by atoms with Crippen molar-refractivity contribution in [1.82, 2.24) is 4.57 Å². The summed E-state index contributed by atoms with van der Waals surface area (Å²) < 4.78 is 2.37. The molecule has 1 heterocycles. The Morgan fingerprint density at radius 1 is 0.500 bits per heavy atom. The van der Waals surface area contributed by atoms with E-state index in [-0.39, 0.29) is 0 Å². The zero-order valence-corrected chi connectivity index (χ0v) is 15.8. The topological polar surface area (TPSA) is 4.93 Å². The van der Waals surface area contributed by atoms with Crippen LogP contribution in [0.4, 0.5) is 0 Å². The zero-order valence-electron chi connectivity index (χ0n) is 15.1. The summed E-state index contributed by atoms with van der Waals surface area (Å²) in [6, 6.07) is 34.2. The third-order valence-electron chi connectivity index (χ3n) is 5.65. The average molecular weight is 378 g/mol. The highest BCUT2D eigenvalue weighted by atomic mass is 35.5. The predicted molar refractivity (Wildman–Crippen MR) is 121 cm³/mol. The first kappa shape index (κ1) is 15.7. The van der Waals surface area contributed by atoms with Crippen LogP contribution in [-0.4, -0.2) is 4.57 Å². The smallest absolute Gasteiger partial charge is 0.0547 e. The standard InChI is InChI=1S/C26H16ClN/c27-22-12-5-11-20-19(22)10-6-14-23(20)28-24-13-4-3-9-21(24)26-18-8-2-1-7-17(18)15-16-25(26)28/h1-16H. The molecule has 0 atom stereocenters. The molecule has 0 bridgehead atoms. The Kier molecular flexibility index (Phi) is 3.29. The molecule has 1 aromatic heterocycles. The van der Waals surface area contributed by atoms with Crippen molar-refractivity contribution >= 4 is 55.0 Å². The second-order valence-corrected chi connectivity index (χ2v) is 7.55. The summed E-state index contributed by atoms with van der Waals surface area (Å²) in [5.74, 6) is 0. The highest BCUT2D eigenvalue weighted by Gasteiger charge is 2.16. The lowest BCUT2D eigenvalue weighted by molar-refractivity contribution is 1.20. The van der Waals surface area contributed by atoms with Crippen molar-refractivity contribution < 1.29 is 0 Å². The number of hydrogen-bond donors (Lipinski definition) is 0. The molecule has 5 aromatic carbocycles. The molecule has 0 amide bonds. The van der Waals surface area contributed by atoms with Gasteiger partial charge in [-0.1, -0.05) is 84.4 Å². The fourth-order valence-electron chi connectivity index (χ4n) is 4.45. The number of nitrogens with zero attached hydrogens (tertiary/aromatic N) is 1. The Bertz CT molecular complexity index is 1520. The van der Waals surface area contributed by atoms with Crippen LogP contribution in [0.15, 0.2) is 97.1 Å². The van der Waals surface area contributed by atoms with Gasteiger partial charge in [0.05, 0.1) is 16.7 Å². The number of benzene rings is 5. The van der Waals surface area contributed by atoms with E-state index >= 15 is 0 Å². The van der Waals surface area contributed by atoms with Crippen molar-refractivity contribution in [3.8, 4) is 5.69 Å². The van der Waals surface area contributed by atoms with E-state index in [1.807, 2.05) is 12.1 Å². The summed E-state index contributed by atoms with van der Waals surface area (Å²) in [6.07, 6.45) is 0. The normalized spacial score (nSPS) is 11.8. The van der Waals surface area contributed by atoms with E-state index < -0.39 is 0 Å². The molecule has 0 spiro atoms. The van der Waals surface area contributed by atoms with Crippen LogP contribution in [0, 0.1) is 0 Å². The number of rotatable bonds is 1. The number of para-hydroxylation sites is 1. The van der Waals surface area contributed by atoms with Crippen LogP contribution in [0.3, 0.4) is 0 Å².